The molecule has 69 heavy (non-hydrogen) atoms. The summed E-state index contributed by atoms with van der Waals surface area (Å²) in [5.41, 5.74) is 0. The van der Waals surface area contributed by atoms with E-state index in [0.29, 0.717) is 19.3 Å². The van der Waals surface area contributed by atoms with Crippen molar-refractivity contribution >= 4 is 17.9 Å². The molecule has 6 heteroatoms. The van der Waals surface area contributed by atoms with Crippen LogP contribution < -0.4 is 0 Å². The van der Waals surface area contributed by atoms with Crippen LogP contribution in [-0.2, 0) is 28.6 Å². The molecule has 0 radical (unpaired) electrons. The third kappa shape index (κ3) is 55.4. The summed E-state index contributed by atoms with van der Waals surface area (Å²) in [4.78, 5) is 38.0. The minimum absolute atomic E-state index is 0.0915. The molecule has 0 aliphatic carbocycles. The molecular formula is C63H108O6. The summed E-state index contributed by atoms with van der Waals surface area (Å²) < 4.78 is 16.8. The first-order chi connectivity index (χ1) is 34.0. The second-order valence-corrected chi connectivity index (χ2v) is 19.2. The van der Waals surface area contributed by atoms with E-state index in [-0.39, 0.29) is 37.5 Å². The van der Waals surface area contributed by atoms with Crippen molar-refractivity contribution < 1.29 is 28.6 Å². The quantitative estimate of drug-likeness (QED) is 0.0262. The van der Waals surface area contributed by atoms with E-state index in [0.717, 1.165) is 89.9 Å². The fraction of sp³-hybridized carbons (Fsp3) is 0.730. The van der Waals surface area contributed by atoms with Crippen molar-refractivity contribution in [3.8, 4) is 0 Å². The number of ether oxygens (including phenoxy) is 3. The van der Waals surface area contributed by atoms with E-state index in [1.807, 2.05) is 0 Å². The van der Waals surface area contributed by atoms with Gasteiger partial charge in [0, 0.05) is 19.3 Å². The van der Waals surface area contributed by atoms with Gasteiger partial charge in [0.25, 0.3) is 0 Å². The molecule has 0 aromatic carbocycles. The van der Waals surface area contributed by atoms with Crippen LogP contribution >= 0.6 is 0 Å². The number of rotatable bonds is 52. The van der Waals surface area contributed by atoms with Crippen LogP contribution in [0.3, 0.4) is 0 Å². The van der Waals surface area contributed by atoms with Crippen LogP contribution in [0.15, 0.2) is 85.1 Å². The number of unbranched alkanes of at least 4 members (excludes halogenated alkanes) is 27. The van der Waals surface area contributed by atoms with Gasteiger partial charge in [-0.3, -0.25) is 14.4 Å². The van der Waals surface area contributed by atoms with E-state index in [2.05, 4.69) is 106 Å². The second kappa shape index (κ2) is 57.2. The summed E-state index contributed by atoms with van der Waals surface area (Å²) >= 11 is 0. The highest BCUT2D eigenvalue weighted by Gasteiger charge is 2.19. The van der Waals surface area contributed by atoms with Crippen molar-refractivity contribution in [3.05, 3.63) is 85.1 Å². The number of allylic oxidation sites excluding steroid dienone is 14. The monoisotopic (exact) mass is 961 g/mol. The molecule has 6 nitrogen and oxygen atoms in total. The maximum atomic E-state index is 12.8. The van der Waals surface area contributed by atoms with Gasteiger partial charge in [-0.15, -0.1) is 0 Å². The fourth-order valence-corrected chi connectivity index (χ4v) is 8.08. The zero-order valence-electron chi connectivity index (χ0n) is 45.3. The van der Waals surface area contributed by atoms with Crippen LogP contribution in [0.4, 0.5) is 0 Å². The van der Waals surface area contributed by atoms with Crippen molar-refractivity contribution in [2.75, 3.05) is 13.2 Å². The van der Waals surface area contributed by atoms with E-state index >= 15 is 0 Å². The standard InChI is InChI=1S/C63H108O6/c1-4-7-10-13-16-19-21-23-25-27-29-30-31-32-34-35-37-39-41-44-47-50-53-56-62(65)68-59-60(58-67-61(64)55-52-49-46-43-18-15-12-9-6-3)69-63(66)57-54-51-48-45-42-40-38-36-33-28-26-24-22-20-17-14-11-8-5-2/h7,10,16,19,23,25,29-30,32,34,37,39,44,47,60H,4-6,8-9,11-15,17-18,20-22,24,26-28,31,33,35-36,38,40-43,45-46,48-59H2,1-3H3/b10-7-,19-16-,25-23-,30-29-,34-32-,39-37-,47-44-. The lowest BCUT2D eigenvalue weighted by atomic mass is 10.0. The lowest BCUT2D eigenvalue weighted by molar-refractivity contribution is -0.167. The van der Waals surface area contributed by atoms with Crippen molar-refractivity contribution in [3.63, 3.8) is 0 Å². The molecular weight excluding hydrogens is 853 g/mol. The highest BCUT2D eigenvalue weighted by Crippen LogP contribution is 2.16. The average molecular weight is 962 g/mol. The molecule has 0 aliphatic heterocycles. The number of carbonyl (C=O) groups excluding carboxylic acids is 3. The third-order valence-electron chi connectivity index (χ3n) is 12.4. The van der Waals surface area contributed by atoms with Gasteiger partial charge in [-0.1, -0.05) is 273 Å². The van der Waals surface area contributed by atoms with Gasteiger partial charge in [-0.05, 0) is 70.6 Å². The van der Waals surface area contributed by atoms with E-state index in [4.69, 9.17) is 14.2 Å². The van der Waals surface area contributed by atoms with Crippen molar-refractivity contribution in [2.24, 2.45) is 0 Å². The zero-order chi connectivity index (χ0) is 50.0. The Morgan fingerprint density at radius 3 is 0.884 bits per heavy atom. The minimum atomic E-state index is -0.796. The van der Waals surface area contributed by atoms with E-state index in [9.17, 15) is 14.4 Å². The Hall–Kier alpha value is -3.41. The van der Waals surface area contributed by atoms with Crippen LogP contribution in [0.5, 0.6) is 0 Å². The van der Waals surface area contributed by atoms with Gasteiger partial charge < -0.3 is 14.2 Å². The van der Waals surface area contributed by atoms with Gasteiger partial charge in [-0.2, -0.15) is 0 Å². The van der Waals surface area contributed by atoms with Crippen LogP contribution in [-0.4, -0.2) is 37.2 Å². The largest absolute Gasteiger partial charge is 0.462 e. The summed E-state index contributed by atoms with van der Waals surface area (Å²) in [5, 5.41) is 0. The Morgan fingerprint density at radius 1 is 0.304 bits per heavy atom. The Bertz CT molecular complexity index is 1330. The first-order valence-electron chi connectivity index (χ1n) is 29.1. The molecule has 0 amide bonds. The highest BCUT2D eigenvalue weighted by molar-refractivity contribution is 5.71. The summed E-state index contributed by atoms with van der Waals surface area (Å²) in [7, 11) is 0. The van der Waals surface area contributed by atoms with E-state index in [1.165, 1.54) is 141 Å². The lowest BCUT2D eigenvalue weighted by Gasteiger charge is -2.18. The molecule has 0 saturated carbocycles. The number of hydrogen-bond acceptors (Lipinski definition) is 6. The van der Waals surface area contributed by atoms with Crippen LogP contribution in [0.2, 0.25) is 0 Å². The molecule has 396 valence electrons. The fourth-order valence-electron chi connectivity index (χ4n) is 8.08. The number of carbonyl (C=O) groups is 3. The van der Waals surface area contributed by atoms with Gasteiger partial charge in [0.1, 0.15) is 13.2 Å². The molecule has 0 saturated heterocycles. The molecule has 0 bridgehead atoms. The Kier molecular flexibility index (Phi) is 54.3. The van der Waals surface area contributed by atoms with Gasteiger partial charge >= 0.3 is 17.9 Å². The smallest absolute Gasteiger partial charge is 0.306 e. The van der Waals surface area contributed by atoms with Crippen molar-refractivity contribution in [2.45, 2.75) is 284 Å². The molecule has 0 spiro atoms. The van der Waals surface area contributed by atoms with Gasteiger partial charge in [0.2, 0.25) is 0 Å². The lowest BCUT2D eigenvalue weighted by Crippen LogP contribution is -2.30. The van der Waals surface area contributed by atoms with Crippen molar-refractivity contribution in [1.82, 2.24) is 0 Å². The molecule has 0 aromatic heterocycles. The number of esters is 3. The first kappa shape index (κ1) is 65.6. The SMILES string of the molecule is CC/C=C\C/C=C\C/C=C\C/C=C\C/C=C\C/C=C\C/C=C\CCCC(=O)OCC(COC(=O)CCCCCCCCCCC)OC(=O)CCCCCCCCCCCCCCCCCCCCC. The highest BCUT2D eigenvalue weighted by atomic mass is 16.6. The van der Waals surface area contributed by atoms with Crippen LogP contribution in [0.1, 0.15) is 278 Å². The molecule has 0 rings (SSSR count). The summed E-state index contributed by atoms with van der Waals surface area (Å²) in [6.07, 6.45) is 74.5. The zero-order valence-corrected chi connectivity index (χ0v) is 45.3. The summed E-state index contributed by atoms with van der Waals surface area (Å²) in [6.45, 7) is 6.48. The topological polar surface area (TPSA) is 78.9 Å². The predicted octanol–water partition coefficient (Wildman–Crippen LogP) is 19.5. The Morgan fingerprint density at radius 2 is 0.565 bits per heavy atom. The van der Waals surface area contributed by atoms with Crippen LogP contribution in [0.25, 0.3) is 0 Å². The normalized spacial score (nSPS) is 12.7. The molecule has 0 aliphatic rings. The first-order valence-corrected chi connectivity index (χ1v) is 29.1. The molecule has 0 aromatic rings. The third-order valence-corrected chi connectivity index (χ3v) is 12.4. The summed E-state index contributed by atoms with van der Waals surface area (Å²) in [6, 6.07) is 0. The average Bonchev–Trinajstić information content (AvgIpc) is 3.35. The van der Waals surface area contributed by atoms with Gasteiger partial charge in [0.05, 0.1) is 0 Å². The maximum Gasteiger partial charge on any atom is 0.306 e. The maximum absolute atomic E-state index is 12.8. The van der Waals surface area contributed by atoms with Crippen molar-refractivity contribution in [1.29, 1.82) is 0 Å². The molecule has 0 N–H and O–H groups in total. The van der Waals surface area contributed by atoms with Crippen LogP contribution in [0, 0.1) is 0 Å². The van der Waals surface area contributed by atoms with E-state index in [1.54, 1.807) is 0 Å². The van der Waals surface area contributed by atoms with Gasteiger partial charge in [0.15, 0.2) is 6.10 Å². The molecule has 1 unspecified atom stereocenters. The predicted molar refractivity (Wildman–Crippen MR) is 297 cm³/mol. The second-order valence-electron chi connectivity index (χ2n) is 19.2. The molecule has 0 heterocycles. The van der Waals surface area contributed by atoms with Gasteiger partial charge in [-0.25, -0.2) is 0 Å². The minimum Gasteiger partial charge on any atom is -0.462 e. The number of hydrogen-bond donors (Lipinski definition) is 0. The Labute approximate surface area is 426 Å². The van der Waals surface area contributed by atoms with E-state index < -0.39 is 6.10 Å². The molecule has 1 atom stereocenters. The Balaban J connectivity index is 4.36. The summed E-state index contributed by atoms with van der Waals surface area (Å²) in [5.74, 6) is -0.948. The molecule has 0 fully saturated rings.